The van der Waals surface area contributed by atoms with Crippen molar-refractivity contribution >= 4 is 26.7 Å². The van der Waals surface area contributed by atoms with E-state index in [9.17, 15) is 29.3 Å². The summed E-state index contributed by atoms with van der Waals surface area (Å²) in [5.41, 5.74) is 11.5. The summed E-state index contributed by atoms with van der Waals surface area (Å²) < 4.78 is 67.2. The van der Waals surface area contributed by atoms with Crippen molar-refractivity contribution in [2.45, 2.75) is 139 Å². The highest BCUT2D eigenvalue weighted by atomic mass is 32.2. The summed E-state index contributed by atoms with van der Waals surface area (Å²) in [6.45, 7) is 3.41. The molecule has 3 fully saturated rings. The third-order valence-corrected chi connectivity index (χ3v) is 20.3. The number of methoxy groups -OCH3 is 1. The maximum Gasteiger partial charge on any atom is 0.317 e. The maximum absolute atomic E-state index is 15.2. The monoisotopic (exact) mass is 1110 g/mol. The molecule has 0 bridgehead atoms. The third-order valence-electron chi connectivity index (χ3n) is 18.5. The van der Waals surface area contributed by atoms with Crippen molar-refractivity contribution in [3.05, 3.63) is 119 Å². The van der Waals surface area contributed by atoms with E-state index < -0.39 is 32.8 Å². The summed E-state index contributed by atoms with van der Waals surface area (Å²) in [6, 6.07) is 11.1. The second-order valence-electron chi connectivity index (χ2n) is 23.0. The highest BCUT2D eigenvalue weighted by molar-refractivity contribution is 7.89. The van der Waals surface area contributed by atoms with Crippen molar-refractivity contribution in [2.75, 3.05) is 26.0 Å². The van der Waals surface area contributed by atoms with Crippen molar-refractivity contribution < 1.29 is 27.0 Å². The summed E-state index contributed by atoms with van der Waals surface area (Å²) in [5, 5.41) is 53.3. The van der Waals surface area contributed by atoms with Crippen LogP contribution in [0.3, 0.4) is 0 Å². The summed E-state index contributed by atoms with van der Waals surface area (Å²) in [6.07, 6.45) is 28.9. The SMILES string of the molecule is CC1(O)C2=CCc3nccc(c32)-c2cn(C(CC#N)C3CCCC3)nc21.CCS(=O)(=O)N1CC(CC#N)(n2cc3c(n2)C(F)(F)C2=CCc4ncnc-3c42)C1.COC1C2=CCc3nccc(c32)-c2cn(C(CC#N)C3CCCC3)nc21. The van der Waals surface area contributed by atoms with Gasteiger partial charge in [0.15, 0.2) is 0 Å². The van der Waals surface area contributed by atoms with Crippen LogP contribution in [0.5, 0.6) is 0 Å². The first-order chi connectivity index (χ1) is 39.2. The summed E-state index contributed by atoms with van der Waals surface area (Å²) >= 11 is 0. The van der Waals surface area contributed by atoms with Crippen LogP contribution in [0.25, 0.3) is 50.2 Å². The normalized spacial score (nSPS) is 22.5. The molecule has 4 unspecified atom stereocenters. The Bertz CT molecular complexity index is 3910. The van der Waals surface area contributed by atoms with E-state index in [0.717, 1.165) is 70.6 Å². The average molecular weight is 1110 g/mol. The minimum absolute atomic E-state index is 0.0213. The number of hydrogen-bond donors (Lipinski definition) is 1. The molecule has 414 valence electrons. The van der Waals surface area contributed by atoms with Gasteiger partial charge >= 0.3 is 5.92 Å². The summed E-state index contributed by atoms with van der Waals surface area (Å²) in [5.74, 6) is -2.33. The number of pyridine rings is 2. The van der Waals surface area contributed by atoms with Gasteiger partial charge < -0.3 is 9.84 Å². The molecular weight excluding hydrogens is 1050 g/mol. The zero-order chi connectivity index (χ0) is 56.2. The maximum atomic E-state index is 15.2. The van der Waals surface area contributed by atoms with Gasteiger partial charge in [-0.2, -0.15) is 44.2 Å². The van der Waals surface area contributed by atoms with E-state index in [1.54, 1.807) is 7.11 Å². The quantitative estimate of drug-likeness (QED) is 0.127. The first-order valence-corrected chi connectivity index (χ1v) is 29.7. The summed E-state index contributed by atoms with van der Waals surface area (Å²) in [7, 11) is -1.69. The van der Waals surface area contributed by atoms with E-state index in [1.165, 1.54) is 89.7 Å². The number of halogens is 2. The van der Waals surface area contributed by atoms with Gasteiger partial charge in [-0.05, 0) is 85.8 Å². The van der Waals surface area contributed by atoms with Crippen LogP contribution in [0.15, 0.2) is 67.7 Å². The molecule has 6 aromatic heterocycles. The Morgan fingerprint density at radius 2 is 1.31 bits per heavy atom. The Balaban J connectivity index is 0.000000115. The Hall–Kier alpha value is -7.61. The zero-order valence-corrected chi connectivity index (χ0v) is 46.2. The molecule has 0 aromatic carbocycles. The Morgan fingerprint density at radius 3 is 1.94 bits per heavy atom. The van der Waals surface area contributed by atoms with Crippen LogP contribution in [0, 0.1) is 45.8 Å². The number of fused-ring (bicyclic) bond motifs is 6. The van der Waals surface area contributed by atoms with E-state index in [4.69, 9.17) is 14.9 Å². The largest absolute Gasteiger partial charge is 0.379 e. The van der Waals surface area contributed by atoms with Gasteiger partial charge in [0, 0.05) is 109 Å². The predicted octanol–water partition coefficient (Wildman–Crippen LogP) is 9.64. The molecule has 6 aromatic rings. The standard InChI is InChI=1S/2C21H22N4O.C18H16F2N6O2S/c1-21(26)16-6-7-17-19(16)14(9-11-23-17)15-12-25(24-20(15)21)18(8-10-22)13-4-2-3-5-13;1-26-21-15-6-7-17-19(15)14(9-11-23-17)16-12-25(24-20(16)21)18(8-10-22)13-4-2-3-5-13;1-2-29(27,28)25-8-17(9-25,5-6-21)26-7-11-15-14-12(18(19,20)16(11)24-26)3-4-13(14)22-10-23-15/h6,9,11-13,18,26H,2-5,7-8H2,1H3;6,9,11-13,18,21H,2-5,7-8H2,1H3;3,7,10H,2,4-5,8-9H2,1H3. The zero-order valence-electron chi connectivity index (χ0n) is 45.4. The van der Waals surface area contributed by atoms with Crippen LogP contribution in [0.4, 0.5) is 8.78 Å². The molecule has 1 N–H and O–H groups in total. The molecule has 4 atom stereocenters. The fraction of sp³-hybridized carbons (Fsp3) is 0.467. The van der Waals surface area contributed by atoms with Crippen molar-refractivity contribution in [1.29, 1.82) is 15.8 Å². The first kappa shape index (κ1) is 52.7. The number of nitriles is 3. The Kier molecular flexibility index (Phi) is 12.9. The van der Waals surface area contributed by atoms with Crippen LogP contribution in [0.2, 0.25) is 0 Å². The van der Waals surface area contributed by atoms with E-state index in [0.29, 0.717) is 53.7 Å². The van der Waals surface area contributed by atoms with E-state index >= 15 is 8.78 Å². The van der Waals surface area contributed by atoms with Crippen molar-refractivity contribution in [1.82, 2.24) is 53.6 Å². The van der Waals surface area contributed by atoms with Gasteiger partial charge in [-0.15, -0.1) is 0 Å². The van der Waals surface area contributed by atoms with Crippen LogP contribution in [-0.2, 0) is 51.1 Å². The molecule has 2 saturated carbocycles. The van der Waals surface area contributed by atoms with Crippen molar-refractivity contribution in [3.8, 4) is 51.7 Å². The Morgan fingerprint density at radius 1 is 0.716 bits per heavy atom. The molecule has 9 aliphatic rings. The van der Waals surface area contributed by atoms with Crippen LogP contribution in [0.1, 0.15) is 154 Å². The van der Waals surface area contributed by atoms with Gasteiger partial charge in [0.1, 0.15) is 40.7 Å². The number of sulfonamides is 1. The highest BCUT2D eigenvalue weighted by Crippen LogP contribution is 2.56. The molecule has 81 heavy (non-hydrogen) atoms. The van der Waals surface area contributed by atoms with Crippen LogP contribution >= 0.6 is 0 Å². The predicted molar refractivity (Wildman–Crippen MR) is 294 cm³/mol. The fourth-order valence-electron chi connectivity index (χ4n) is 14.4. The lowest BCUT2D eigenvalue weighted by Gasteiger charge is -2.47. The van der Waals surface area contributed by atoms with Crippen molar-refractivity contribution in [3.63, 3.8) is 0 Å². The topological polar surface area (TPSA) is 243 Å². The van der Waals surface area contributed by atoms with Crippen LogP contribution < -0.4 is 0 Å². The molecular formula is C60H60F2N14O4S. The fourth-order valence-corrected chi connectivity index (χ4v) is 15.6. The lowest BCUT2D eigenvalue weighted by Crippen LogP contribution is -2.64. The molecule has 0 spiro atoms. The summed E-state index contributed by atoms with van der Waals surface area (Å²) in [4.78, 5) is 17.4. The van der Waals surface area contributed by atoms with Gasteiger partial charge in [-0.3, -0.25) is 24.0 Å². The molecule has 15 rings (SSSR count). The molecule has 21 heteroatoms. The molecule has 8 aliphatic carbocycles. The lowest BCUT2D eigenvalue weighted by molar-refractivity contribution is 0.0477. The molecule has 0 amide bonds. The van der Waals surface area contributed by atoms with E-state index in [1.807, 2.05) is 36.1 Å². The average Bonchev–Trinajstić information content (AvgIpc) is 4.44. The minimum Gasteiger partial charge on any atom is -0.379 e. The minimum atomic E-state index is -3.43. The lowest BCUT2D eigenvalue weighted by atomic mass is 9.78. The second kappa shape index (κ2) is 19.8. The smallest absolute Gasteiger partial charge is 0.317 e. The highest BCUT2D eigenvalue weighted by Gasteiger charge is 2.54. The Labute approximate surface area is 468 Å². The van der Waals surface area contributed by atoms with Crippen LogP contribution in [-0.4, -0.2) is 93.1 Å². The van der Waals surface area contributed by atoms with Gasteiger partial charge in [0.2, 0.25) is 10.0 Å². The molecule has 18 nitrogen and oxygen atoms in total. The van der Waals surface area contributed by atoms with E-state index in [2.05, 4.69) is 72.5 Å². The van der Waals surface area contributed by atoms with Gasteiger partial charge in [0.25, 0.3) is 0 Å². The number of nitrogens with zero attached hydrogens (tertiary/aromatic N) is 14. The first-order valence-electron chi connectivity index (χ1n) is 28.1. The number of alkyl halides is 2. The van der Waals surface area contributed by atoms with E-state index in [-0.39, 0.29) is 54.6 Å². The second-order valence-corrected chi connectivity index (χ2v) is 25.2. The number of allylic oxidation sites excluding steroid dienone is 4. The molecule has 0 radical (unpaired) electrons. The van der Waals surface area contributed by atoms with Gasteiger partial charge in [0.05, 0.1) is 78.1 Å². The molecule has 1 aliphatic heterocycles. The number of aliphatic hydroxyl groups is 1. The number of aromatic nitrogens is 10. The number of rotatable bonds is 11. The number of hydrogen-bond acceptors (Lipinski definition) is 14. The third kappa shape index (κ3) is 8.26. The van der Waals surface area contributed by atoms with Crippen molar-refractivity contribution in [2.24, 2.45) is 11.8 Å². The molecule has 1 saturated heterocycles. The number of ether oxygens (including phenoxy) is 1. The van der Waals surface area contributed by atoms with Gasteiger partial charge in [-0.1, -0.05) is 43.9 Å². The molecule has 7 heterocycles. The van der Waals surface area contributed by atoms with Gasteiger partial charge in [-0.25, -0.2) is 18.4 Å².